The van der Waals surface area contributed by atoms with E-state index in [1.807, 2.05) is 0 Å². The summed E-state index contributed by atoms with van der Waals surface area (Å²) in [5.41, 5.74) is -0.139. The lowest BCUT2D eigenvalue weighted by Gasteiger charge is -2.22. The first-order valence-corrected chi connectivity index (χ1v) is 10.2. The molecule has 0 saturated heterocycles. The van der Waals surface area contributed by atoms with Crippen LogP contribution >= 0.6 is 0 Å². The smallest absolute Gasteiger partial charge is 0.335 e. The number of sulfonamides is 1. The van der Waals surface area contributed by atoms with Crippen LogP contribution in [-0.2, 0) is 20.2 Å². The zero-order valence-corrected chi connectivity index (χ0v) is 15.4. The molecule has 0 saturated carbocycles. The van der Waals surface area contributed by atoms with Crippen LogP contribution in [0.1, 0.15) is 0 Å². The maximum atomic E-state index is 13.6. The van der Waals surface area contributed by atoms with Crippen LogP contribution in [0.25, 0.3) is 0 Å². The van der Waals surface area contributed by atoms with Crippen LogP contribution < -0.4 is 18.9 Å². The fraction of sp³-hybridized carbons (Fsp3) is 0.200. The monoisotopic (exact) mass is 421 g/mol. The molecule has 146 valence electrons. The van der Waals surface area contributed by atoms with E-state index >= 15 is 0 Å². The number of ether oxygens (including phenoxy) is 3. The summed E-state index contributed by atoms with van der Waals surface area (Å²) >= 11 is 0. The molecule has 1 aliphatic heterocycles. The molecule has 1 heterocycles. The molecule has 0 spiro atoms. The van der Waals surface area contributed by atoms with Crippen molar-refractivity contribution in [1.82, 2.24) is 0 Å². The SMILES string of the molecule is COc1cc(F)cc(NS(=O)(=O)c2ccc(S(=O)(=O)F)c3c2OCCO3)c1. The average Bonchev–Trinajstić information content (AvgIpc) is 2.58. The molecule has 1 aliphatic rings. The van der Waals surface area contributed by atoms with E-state index in [9.17, 15) is 25.1 Å². The van der Waals surface area contributed by atoms with Gasteiger partial charge in [-0.05, 0) is 18.2 Å². The first-order chi connectivity index (χ1) is 12.6. The van der Waals surface area contributed by atoms with Crippen molar-refractivity contribution in [3.63, 3.8) is 0 Å². The van der Waals surface area contributed by atoms with E-state index in [1.54, 1.807) is 0 Å². The number of anilines is 1. The van der Waals surface area contributed by atoms with Crippen molar-refractivity contribution in [2.24, 2.45) is 0 Å². The second-order valence-corrected chi connectivity index (χ2v) is 8.31. The topological polar surface area (TPSA) is 108 Å². The van der Waals surface area contributed by atoms with Crippen molar-refractivity contribution in [3.05, 3.63) is 36.1 Å². The average molecular weight is 421 g/mol. The summed E-state index contributed by atoms with van der Waals surface area (Å²) in [5, 5.41) is 0. The van der Waals surface area contributed by atoms with Gasteiger partial charge in [-0.25, -0.2) is 12.8 Å². The molecule has 0 fully saturated rings. The Bertz CT molecular complexity index is 1100. The van der Waals surface area contributed by atoms with Gasteiger partial charge in [-0.3, -0.25) is 4.72 Å². The zero-order valence-electron chi connectivity index (χ0n) is 13.7. The van der Waals surface area contributed by atoms with Gasteiger partial charge in [0, 0.05) is 12.1 Å². The standard InChI is InChI=1S/C15H13F2NO7S2/c1-23-11-7-9(16)6-10(8-11)18-27(21,22)13-3-2-12(26(17,19)20)14-15(13)25-5-4-24-14/h2-3,6-8,18H,4-5H2,1H3. The van der Waals surface area contributed by atoms with Gasteiger partial charge in [0.1, 0.15) is 34.6 Å². The van der Waals surface area contributed by atoms with E-state index in [4.69, 9.17) is 14.2 Å². The minimum absolute atomic E-state index is 0.0703. The number of benzene rings is 2. The van der Waals surface area contributed by atoms with E-state index in [2.05, 4.69) is 4.72 Å². The third kappa shape index (κ3) is 3.90. The first kappa shape index (κ1) is 19.2. The molecule has 0 aliphatic carbocycles. The molecule has 0 bridgehead atoms. The highest BCUT2D eigenvalue weighted by molar-refractivity contribution is 7.92. The van der Waals surface area contributed by atoms with Crippen molar-refractivity contribution < 1.29 is 39.3 Å². The maximum Gasteiger partial charge on any atom is 0.335 e. The van der Waals surface area contributed by atoms with Crippen LogP contribution in [-0.4, -0.2) is 37.2 Å². The van der Waals surface area contributed by atoms with Crippen LogP contribution in [0.5, 0.6) is 17.2 Å². The van der Waals surface area contributed by atoms with Gasteiger partial charge in [-0.15, -0.1) is 3.89 Å². The number of nitrogens with one attached hydrogen (secondary N) is 1. The van der Waals surface area contributed by atoms with Crippen LogP contribution in [0.15, 0.2) is 40.1 Å². The van der Waals surface area contributed by atoms with Crippen molar-refractivity contribution in [2.75, 3.05) is 25.0 Å². The van der Waals surface area contributed by atoms with E-state index < -0.39 is 47.4 Å². The summed E-state index contributed by atoms with van der Waals surface area (Å²) in [5.74, 6) is -1.65. The van der Waals surface area contributed by atoms with Crippen molar-refractivity contribution >= 4 is 25.9 Å². The minimum Gasteiger partial charge on any atom is -0.497 e. The number of halogens is 2. The Morgan fingerprint density at radius 3 is 2.19 bits per heavy atom. The van der Waals surface area contributed by atoms with Crippen LogP contribution in [0, 0.1) is 5.82 Å². The predicted octanol–water partition coefficient (Wildman–Crippen LogP) is 2.06. The number of rotatable bonds is 5. The summed E-state index contributed by atoms with van der Waals surface area (Å²) in [4.78, 5) is -1.34. The van der Waals surface area contributed by atoms with E-state index in [1.165, 1.54) is 13.2 Å². The van der Waals surface area contributed by atoms with Gasteiger partial charge in [0.15, 0.2) is 11.5 Å². The summed E-state index contributed by atoms with van der Waals surface area (Å²) in [6, 6.07) is 4.83. The van der Waals surface area contributed by atoms with E-state index in [-0.39, 0.29) is 24.7 Å². The number of hydrogen-bond donors (Lipinski definition) is 1. The largest absolute Gasteiger partial charge is 0.497 e. The molecular formula is C15H13F2NO7S2. The molecule has 2 aromatic rings. The predicted molar refractivity (Wildman–Crippen MR) is 89.5 cm³/mol. The third-order valence-corrected chi connectivity index (χ3v) is 5.78. The Labute approximate surface area is 153 Å². The molecule has 1 N–H and O–H groups in total. The lowest BCUT2D eigenvalue weighted by Crippen LogP contribution is -2.21. The minimum atomic E-state index is -5.17. The normalized spacial score (nSPS) is 13.9. The van der Waals surface area contributed by atoms with Crippen molar-refractivity contribution in [1.29, 1.82) is 0 Å². The molecule has 27 heavy (non-hydrogen) atoms. The van der Waals surface area contributed by atoms with Crippen LogP contribution in [0.3, 0.4) is 0 Å². The lowest BCUT2D eigenvalue weighted by atomic mass is 10.3. The van der Waals surface area contributed by atoms with E-state index in [0.29, 0.717) is 0 Å². The summed E-state index contributed by atoms with van der Waals surface area (Å²) < 4.78 is 92.2. The molecule has 0 amide bonds. The van der Waals surface area contributed by atoms with Crippen LogP contribution in [0.2, 0.25) is 0 Å². The zero-order chi connectivity index (χ0) is 19.8. The van der Waals surface area contributed by atoms with Gasteiger partial charge in [-0.1, -0.05) is 0 Å². The lowest BCUT2D eigenvalue weighted by molar-refractivity contribution is 0.162. The maximum absolute atomic E-state index is 13.6. The molecule has 0 atom stereocenters. The molecule has 0 aromatic heterocycles. The quantitative estimate of drug-likeness (QED) is 0.737. The third-order valence-electron chi connectivity index (χ3n) is 3.53. The summed E-state index contributed by atoms with van der Waals surface area (Å²) in [6.07, 6.45) is 0. The number of methoxy groups -OCH3 is 1. The molecule has 0 radical (unpaired) electrons. The summed E-state index contributed by atoms with van der Waals surface area (Å²) in [7, 11) is -8.24. The van der Waals surface area contributed by atoms with Gasteiger partial charge in [-0.2, -0.15) is 8.42 Å². The molecule has 12 heteroatoms. The Kier molecular flexibility index (Phi) is 4.86. The highest BCUT2D eigenvalue weighted by Gasteiger charge is 2.32. The Balaban J connectivity index is 2.09. The number of fused-ring (bicyclic) bond motifs is 1. The second kappa shape index (κ2) is 6.85. The highest BCUT2D eigenvalue weighted by Crippen LogP contribution is 2.42. The fourth-order valence-corrected chi connectivity index (χ4v) is 4.23. The first-order valence-electron chi connectivity index (χ1n) is 7.36. The molecule has 0 unspecified atom stereocenters. The van der Waals surface area contributed by atoms with Gasteiger partial charge >= 0.3 is 10.2 Å². The van der Waals surface area contributed by atoms with Gasteiger partial charge in [0.05, 0.1) is 12.8 Å². The van der Waals surface area contributed by atoms with Gasteiger partial charge < -0.3 is 14.2 Å². The van der Waals surface area contributed by atoms with Crippen molar-refractivity contribution in [2.45, 2.75) is 9.79 Å². The highest BCUT2D eigenvalue weighted by atomic mass is 32.3. The molecule has 8 nitrogen and oxygen atoms in total. The molecular weight excluding hydrogens is 408 g/mol. The Morgan fingerprint density at radius 2 is 1.59 bits per heavy atom. The molecule has 3 rings (SSSR count). The van der Waals surface area contributed by atoms with E-state index in [0.717, 1.165) is 24.3 Å². The summed E-state index contributed by atoms with van der Waals surface area (Å²) in [6.45, 7) is -0.160. The number of hydrogen-bond acceptors (Lipinski definition) is 7. The van der Waals surface area contributed by atoms with Crippen LogP contribution in [0.4, 0.5) is 14.0 Å². The van der Waals surface area contributed by atoms with Gasteiger partial charge in [0.25, 0.3) is 10.0 Å². The Hall–Kier alpha value is -2.60. The fourth-order valence-electron chi connectivity index (χ4n) is 2.44. The van der Waals surface area contributed by atoms with Gasteiger partial charge in [0.2, 0.25) is 0 Å². The Morgan fingerprint density at radius 1 is 1.00 bits per heavy atom. The second-order valence-electron chi connectivity index (χ2n) is 5.34. The van der Waals surface area contributed by atoms with Crippen molar-refractivity contribution in [3.8, 4) is 17.2 Å². The molecule has 2 aromatic carbocycles.